The van der Waals surface area contributed by atoms with Gasteiger partial charge in [0.2, 0.25) is 0 Å². The molecule has 2 aliphatic heterocycles. The zero-order valence-electron chi connectivity index (χ0n) is 16.5. The van der Waals surface area contributed by atoms with E-state index < -0.39 is 94.7 Å². The number of nitrogens with two attached hydrogens (primary N) is 1. The van der Waals surface area contributed by atoms with Crippen molar-refractivity contribution in [3.8, 4) is 0 Å². The maximum atomic E-state index is 11.6. The molecule has 2 heterocycles. The molecule has 10 atom stereocenters. The zero-order chi connectivity index (χ0) is 25.3. The van der Waals surface area contributed by atoms with Crippen molar-refractivity contribution in [2.45, 2.75) is 61.3 Å². The van der Waals surface area contributed by atoms with Gasteiger partial charge in [0.25, 0.3) is 0 Å². The molecule has 18 nitrogen and oxygen atoms in total. The van der Waals surface area contributed by atoms with Gasteiger partial charge in [-0.1, -0.05) is 0 Å². The highest BCUT2D eigenvalue weighted by molar-refractivity contribution is 7.81. The van der Waals surface area contributed by atoms with Crippen LogP contribution in [-0.4, -0.2) is 127 Å². The van der Waals surface area contributed by atoms with E-state index in [2.05, 4.69) is 8.37 Å². The average molecular weight is 529 g/mol. The number of ether oxygens (including phenoxy) is 4. The Kier molecular flexibility index (Phi) is 9.08. The number of methoxy groups -OCH3 is 1. The van der Waals surface area contributed by atoms with Crippen molar-refractivity contribution in [1.29, 1.82) is 0 Å². The summed E-state index contributed by atoms with van der Waals surface area (Å²) in [5.41, 5.74) is 5.70. The summed E-state index contributed by atoms with van der Waals surface area (Å²) in [6.45, 7) is -1.03. The third kappa shape index (κ3) is 7.19. The van der Waals surface area contributed by atoms with E-state index in [1.165, 1.54) is 0 Å². The fourth-order valence-corrected chi connectivity index (χ4v) is 3.92. The lowest BCUT2D eigenvalue weighted by molar-refractivity contribution is -0.333. The number of rotatable bonds is 9. The van der Waals surface area contributed by atoms with E-state index in [0.29, 0.717) is 0 Å². The van der Waals surface area contributed by atoms with Crippen molar-refractivity contribution in [3.05, 3.63) is 0 Å². The molecular formula is C13H23NO17S2. The number of carboxylic acid groups (broad SMARTS) is 1. The van der Waals surface area contributed by atoms with Crippen LogP contribution in [0.25, 0.3) is 0 Å². The van der Waals surface area contributed by atoms with Gasteiger partial charge in [0.1, 0.15) is 30.5 Å². The predicted octanol–water partition coefficient (Wildman–Crippen LogP) is -5.03. The van der Waals surface area contributed by atoms with Gasteiger partial charge in [0.05, 0.1) is 12.6 Å². The van der Waals surface area contributed by atoms with Crippen LogP contribution in [-0.2, 0) is 52.9 Å². The minimum Gasteiger partial charge on any atom is -0.479 e. The molecule has 0 unspecified atom stereocenters. The smallest absolute Gasteiger partial charge is 0.397 e. The number of aliphatic carboxylic acids is 1. The average Bonchev–Trinajstić information content (AvgIpc) is 2.68. The van der Waals surface area contributed by atoms with E-state index in [1.54, 1.807) is 0 Å². The molecule has 0 bridgehead atoms. The van der Waals surface area contributed by atoms with Gasteiger partial charge in [-0.2, -0.15) is 16.8 Å². The van der Waals surface area contributed by atoms with Gasteiger partial charge < -0.3 is 45.1 Å². The molecule has 20 heteroatoms. The van der Waals surface area contributed by atoms with Crippen LogP contribution in [0.2, 0.25) is 0 Å². The number of hydrogen-bond donors (Lipinski definition) is 7. The SMILES string of the molecule is CO[C@@H]1O[C@@H](C(=O)O)[C@@H](O[C@H]2O[C@H](COS(=O)(=O)O)[C@@H](O)[C@H](O)[C@H]2N)[C@H](O)[C@H]1OS(=O)(=O)O. The molecule has 8 N–H and O–H groups in total. The molecule has 0 saturated carbocycles. The van der Waals surface area contributed by atoms with Crippen molar-refractivity contribution >= 4 is 26.8 Å². The third-order valence-electron chi connectivity index (χ3n) is 4.65. The summed E-state index contributed by atoms with van der Waals surface area (Å²) in [4.78, 5) is 11.6. The molecule has 2 rings (SSSR count). The second-order valence-corrected chi connectivity index (χ2v) is 9.03. The van der Waals surface area contributed by atoms with E-state index in [1.807, 2.05) is 0 Å². The first-order chi connectivity index (χ1) is 15.1. The Morgan fingerprint density at radius 1 is 0.939 bits per heavy atom. The van der Waals surface area contributed by atoms with Gasteiger partial charge >= 0.3 is 26.8 Å². The summed E-state index contributed by atoms with van der Waals surface area (Å²) in [6, 6.07) is -1.62. The molecule has 0 aromatic carbocycles. The van der Waals surface area contributed by atoms with Crippen molar-refractivity contribution in [2.24, 2.45) is 5.73 Å². The first kappa shape index (κ1) is 28.1. The number of hydrogen-bond acceptors (Lipinski definition) is 15. The Hall–Kier alpha value is -1.11. The van der Waals surface area contributed by atoms with Crippen LogP contribution in [0, 0.1) is 0 Å². The van der Waals surface area contributed by atoms with Gasteiger partial charge in [-0.15, -0.1) is 0 Å². The highest BCUT2D eigenvalue weighted by Gasteiger charge is 2.54. The second kappa shape index (κ2) is 10.7. The Morgan fingerprint density at radius 2 is 1.55 bits per heavy atom. The first-order valence-corrected chi connectivity index (χ1v) is 11.6. The van der Waals surface area contributed by atoms with Gasteiger partial charge in [0, 0.05) is 7.11 Å². The molecule has 2 saturated heterocycles. The summed E-state index contributed by atoms with van der Waals surface area (Å²) in [5.74, 6) is -1.73. The molecule has 0 spiro atoms. The highest BCUT2D eigenvalue weighted by Crippen LogP contribution is 2.31. The molecule has 0 aromatic rings. The molecule has 33 heavy (non-hydrogen) atoms. The van der Waals surface area contributed by atoms with Crippen LogP contribution in [0.3, 0.4) is 0 Å². The van der Waals surface area contributed by atoms with Gasteiger partial charge in [0.15, 0.2) is 24.8 Å². The van der Waals surface area contributed by atoms with Crippen LogP contribution in [0.5, 0.6) is 0 Å². The van der Waals surface area contributed by atoms with Crippen molar-refractivity contribution < 1.29 is 78.5 Å². The van der Waals surface area contributed by atoms with E-state index in [4.69, 9.17) is 33.8 Å². The van der Waals surface area contributed by atoms with Crippen molar-refractivity contribution in [3.63, 3.8) is 0 Å². The number of aliphatic hydroxyl groups excluding tert-OH is 3. The largest absolute Gasteiger partial charge is 0.479 e. The molecule has 194 valence electrons. The summed E-state index contributed by atoms with van der Waals surface area (Å²) >= 11 is 0. The number of carbonyl (C=O) groups is 1. The molecule has 2 fully saturated rings. The van der Waals surface area contributed by atoms with Crippen molar-refractivity contribution in [1.82, 2.24) is 0 Å². The predicted molar refractivity (Wildman–Crippen MR) is 96.8 cm³/mol. The maximum Gasteiger partial charge on any atom is 0.397 e. The lowest BCUT2D eigenvalue weighted by Gasteiger charge is -2.45. The maximum absolute atomic E-state index is 11.6. The third-order valence-corrected chi connectivity index (χ3v) is 5.55. The second-order valence-electron chi connectivity index (χ2n) is 6.89. The van der Waals surface area contributed by atoms with E-state index in [-0.39, 0.29) is 0 Å². The fraction of sp³-hybridized carbons (Fsp3) is 0.923. The quantitative estimate of drug-likeness (QED) is 0.137. The van der Waals surface area contributed by atoms with Crippen LogP contribution < -0.4 is 5.73 Å². The van der Waals surface area contributed by atoms with Crippen LogP contribution in [0.1, 0.15) is 0 Å². The van der Waals surface area contributed by atoms with Crippen LogP contribution in [0.15, 0.2) is 0 Å². The molecular weight excluding hydrogens is 506 g/mol. The number of aliphatic hydroxyl groups is 3. The van der Waals surface area contributed by atoms with Gasteiger partial charge in [-0.05, 0) is 0 Å². The van der Waals surface area contributed by atoms with Gasteiger partial charge in [-0.3, -0.25) is 9.11 Å². The van der Waals surface area contributed by atoms with Crippen LogP contribution >= 0.6 is 0 Å². The summed E-state index contributed by atoms with van der Waals surface area (Å²) in [7, 11) is -9.22. The highest BCUT2D eigenvalue weighted by atomic mass is 32.3. The Balaban J connectivity index is 2.29. The molecule has 0 amide bonds. The molecule has 2 aliphatic rings. The molecule has 0 aliphatic carbocycles. The Bertz CT molecular complexity index is 895. The standard InChI is InChI=1S/C13H23NO17S2/c1-26-13-9(31-33(23,24)25)7(17)8(10(30-13)11(18)19)29-12-4(14)6(16)5(15)3(28-12)2-27-32(20,21)22/h3-10,12-13,15-17H,2,14H2,1H3,(H,18,19)(H,20,21,22)(H,23,24,25)/t3-,4-,5-,6-,7+,8+,9-,10-,12-,13-/m1/s1. The van der Waals surface area contributed by atoms with Crippen LogP contribution in [0.4, 0.5) is 0 Å². The monoisotopic (exact) mass is 529 g/mol. The lowest BCUT2D eigenvalue weighted by Crippen LogP contribution is -2.67. The normalized spacial score (nSPS) is 40.5. The van der Waals surface area contributed by atoms with Crippen molar-refractivity contribution in [2.75, 3.05) is 13.7 Å². The topological polar surface area (TPSA) is 288 Å². The Morgan fingerprint density at radius 3 is 2.03 bits per heavy atom. The minimum absolute atomic E-state index is 0.954. The number of carboxylic acids is 1. The summed E-state index contributed by atoms with van der Waals surface area (Å²) in [5, 5.41) is 40.0. The van der Waals surface area contributed by atoms with E-state index >= 15 is 0 Å². The fourth-order valence-electron chi connectivity index (χ4n) is 3.13. The van der Waals surface area contributed by atoms with E-state index in [9.17, 15) is 42.1 Å². The zero-order valence-corrected chi connectivity index (χ0v) is 18.2. The summed E-state index contributed by atoms with van der Waals surface area (Å²) < 4.78 is 90.0. The summed E-state index contributed by atoms with van der Waals surface area (Å²) in [6.07, 6.45) is -17.4. The minimum atomic E-state index is -5.20. The Labute approximate surface area is 186 Å². The lowest BCUT2D eigenvalue weighted by atomic mass is 9.96. The van der Waals surface area contributed by atoms with Gasteiger partial charge in [-0.25, -0.2) is 13.2 Å². The first-order valence-electron chi connectivity index (χ1n) is 8.85. The van der Waals surface area contributed by atoms with E-state index in [0.717, 1.165) is 7.11 Å². The molecule has 0 radical (unpaired) electrons. The molecule has 0 aromatic heterocycles.